The van der Waals surface area contributed by atoms with Gasteiger partial charge in [-0.1, -0.05) is 19.4 Å². The van der Waals surface area contributed by atoms with Crippen LogP contribution in [0.5, 0.6) is 23.0 Å². The van der Waals surface area contributed by atoms with E-state index in [1.165, 1.54) is 6.07 Å². The van der Waals surface area contributed by atoms with Crippen LogP contribution >= 0.6 is 0 Å². The highest BCUT2D eigenvalue weighted by molar-refractivity contribution is 5.71. The van der Waals surface area contributed by atoms with Gasteiger partial charge in [-0.05, 0) is 44.0 Å². The molecule has 1 aromatic carbocycles. The molecule has 6 heteroatoms. The molecule has 0 amide bonds. The lowest BCUT2D eigenvalue weighted by Gasteiger charge is -2.15. The molecule has 0 fully saturated rings. The first-order chi connectivity index (χ1) is 13.5. The van der Waals surface area contributed by atoms with Crippen molar-refractivity contribution in [3.05, 3.63) is 46.0 Å². The molecule has 2 aromatic rings. The summed E-state index contributed by atoms with van der Waals surface area (Å²) in [7, 11) is 3.17. The molecule has 0 saturated carbocycles. The molecule has 1 aromatic heterocycles. The second-order valence-corrected chi connectivity index (χ2v) is 6.47. The Labute approximate surface area is 165 Å². The summed E-state index contributed by atoms with van der Waals surface area (Å²) in [5, 5.41) is 0. The van der Waals surface area contributed by atoms with Crippen LogP contribution in [0.4, 0.5) is 0 Å². The molecule has 0 radical (unpaired) electrons. The van der Waals surface area contributed by atoms with Gasteiger partial charge in [0.15, 0.2) is 11.5 Å². The summed E-state index contributed by atoms with van der Waals surface area (Å²) in [6, 6.07) is 6.68. The van der Waals surface area contributed by atoms with Crippen LogP contribution in [0.25, 0.3) is 12.2 Å². The molecule has 2 rings (SSSR count). The van der Waals surface area contributed by atoms with Gasteiger partial charge in [-0.15, -0.1) is 0 Å². The maximum atomic E-state index is 11.7. The smallest absolute Gasteiger partial charge is 0.339 e. The first-order valence-electron chi connectivity index (χ1n) is 9.35. The predicted octanol–water partition coefficient (Wildman–Crippen LogP) is 4.79. The summed E-state index contributed by atoms with van der Waals surface area (Å²) in [6.07, 6.45) is 5.45. The Hall–Kier alpha value is -2.89. The monoisotopic (exact) mass is 388 g/mol. The Kier molecular flexibility index (Phi) is 7.99. The summed E-state index contributed by atoms with van der Waals surface area (Å²) < 4.78 is 27.5. The average molecular weight is 388 g/mol. The lowest BCUT2D eigenvalue weighted by molar-refractivity contribution is 0.239. The Morgan fingerprint density at radius 2 is 1.71 bits per heavy atom. The van der Waals surface area contributed by atoms with Gasteiger partial charge in [-0.25, -0.2) is 4.79 Å². The summed E-state index contributed by atoms with van der Waals surface area (Å²) in [4.78, 5) is 11.7. The van der Waals surface area contributed by atoms with E-state index in [0.717, 1.165) is 18.4 Å². The molecule has 152 valence electrons. The topological polar surface area (TPSA) is 67.1 Å². The van der Waals surface area contributed by atoms with E-state index < -0.39 is 5.63 Å². The van der Waals surface area contributed by atoms with Crippen molar-refractivity contribution in [2.75, 3.05) is 20.8 Å². The molecule has 0 aliphatic carbocycles. The molecular formula is C22H28O6. The molecule has 1 heterocycles. The molecule has 0 aliphatic heterocycles. The van der Waals surface area contributed by atoms with E-state index in [0.29, 0.717) is 35.4 Å². The zero-order chi connectivity index (χ0) is 20.5. The second-order valence-electron chi connectivity index (χ2n) is 6.47. The predicted molar refractivity (Wildman–Crippen MR) is 110 cm³/mol. The van der Waals surface area contributed by atoms with E-state index in [1.807, 2.05) is 26.0 Å². The van der Waals surface area contributed by atoms with Crippen LogP contribution in [0.2, 0.25) is 0 Å². The number of ether oxygens (including phenoxy) is 4. The Bertz CT molecular complexity index is 825. The number of hydrogen-bond acceptors (Lipinski definition) is 6. The molecule has 0 N–H and O–H groups in total. The van der Waals surface area contributed by atoms with Gasteiger partial charge < -0.3 is 23.4 Å². The van der Waals surface area contributed by atoms with Crippen LogP contribution in [-0.4, -0.2) is 26.9 Å². The standard InChI is InChI=1S/C22H28O6/c1-6-7-10-26-22-19(24-4)11-16(12-20(22)25-5)8-9-17-13-18(27-15(2)3)14-21(23)28-17/h8-9,11-15H,6-7,10H2,1-5H3/b9-8+. The third-order valence-corrected chi connectivity index (χ3v) is 3.80. The third-order valence-electron chi connectivity index (χ3n) is 3.80. The lowest BCUT2D eigenvalue weighted by Crippen LogP contribution is -2.08. The first-order valence-corrected chi connectivity index (χ1v) is 9.35. The maximum absolute atomic E-state index is 11.7. The van der Waals surface area contributed by atoms with Gasteiger partial charge in [0.2, 0.25) is 5.75 Å². The fourth-order valence-corrected chi connectivity index (χ4v) is 2.53. The Morgan fingerprint density at radius 3 is 2.29 bits per heavy atom. The van der Waals surface area contributed by atoms with Crippen LogP contribution in [0.15, 0.2) is 33.5 Å². The number of benzene rings is 1. The molecule has 0 aliphatic rings. The fraction of sp³-hybridized carbons (Fsp3) is 0.409. The largest absolute Gasteiger partial charge is 0.493 e. The highest BCUT2D eigenvalue weighted by Gasteiger charge is 2.13. The van der Waals surface area contributed by atoms with Crippen LogP contribution < -0.4 is 24.6 Å². The molecule has 0 unspecified atom stereocenters. The Balaban J connectivity index is 2.30. The van der Waals surface area contributed by atoms with Crippen LogP contribution in [-0.2, 0) is 0 Å². The van der Waals surface area contributed by atoms with Gasteiger partial charge in [0.1, 0.15) is 11.5 Å². The quantitative estimate of drug-likeness (QED) is 0.545. The number of hydrogen-bond donors (Lipinski definition) is 0. The van der Waals surface area contributed by atoms with Crippen molar-refractivity contribution >= 4 is 12.2 Å². The number of rotatable bonds is 10. The number of methoxy groups -OCH3 is 2. The zero-order valence-corrected chi connectivity index (χ0v) is 17.1. The molecular weight excluding hydrogens is 360 g/mol. The van der Waals surface area contributed by atoms with Gasteiger partial charge in [0, 0.05) is 6.07 Å². The minimum Gasteiger partial charge on any atom is -0.493 e. The molecule has 0 atom stereocenters. The van der Waals surface area contributed by atoms with Gasteiger partial charge >= 0.3 is 5.63 Å². The van der Waals surface area contributed by atoms with Crippen molar-refractivity contribution in [3.63, 3.8) is 0 Å². The highest BCUT2D eigenvalue weighted by atomic mass is 16.5. The fourth-order valence-electron chi connectivity index (χ4n) is 2.53. The molecule has 0 bridgehead atoms. The highest BCUT2D eigenvalue weighted by Crippen LogP contribution is 2.39. The lowest BCUT2D eigenvalue weighted by atomic mass is 10.1. The molecule has 0 saturated heterocycles. The molecule has 28 heavy (non-hydrogen) atoms. The van der Waals surface area contributed by atoms with E-state index in [4.69, 9.17) is 23.4 Å². The summed E-state index contributed by atoms with van der Waals surface area (Å²) >= 11 is 0. The third kappa shape index (κ3) is 6.08. The van der Waals surface area contributed by atoms with Crippen molar-refractivity contribution in [2.45, 2.75) is 39.7 Å². The maximum Gasteiger partial charge on any atom is 0.339 e. The van der Waals surface area contributed by atoms with Crippen molar-refractivity contribution in [1.29, 1.82) is 0 Å². The van der Waals surface area contributed by atoms with Gasteiger partial charge in [0.25, 0.3) is 0 Å². The van der Waals surface area contributed by atoms with Crippen molar-refractivity contribution in [1.82, 2.24) is 0 Å². The first kappa shape index (κ1) is 21.4. The minimum atomic E-state index is -0.465. The van der Waals surface area contributed by atoms with Crippen LogP contribution in [0.3, 0.4) is 0 Å². The van der Waals surface area contributed by atoms with Crippen LogP contribution in [0, 0.1) is 0 Å². The minimum absolute atomic E-state index is 0.0348. The van der Waals surface area contributed by atoms with Gasteiger partial charge in [0.05, 0.1) is 33.0 Å². The Morgan fingerprint density at radius 1 is 1.04 bits per heavy atom. The van der Waals surface area contributed by atoms with Crippen molar-refractivity contribution in [3.8, 4) is 23.0 Å². The van der Waals surface area contributed by atoms with Gasteiger partial charge in [-0.3, -0.25) is 0 Å². The van der Waals surface area contributed by atoms with E-state index in [1.54, 1.807) is 32.4 Å². The van der Waals surface area contributed by atoms with Crippen molar-refractivity contribution in [2.24, 2.45) is 0 Å². The summed E-state index contributed by atoms with van der Waals surface area (Å²) in [6.45, 7) is 6.48. The summed E-state index contributed by atoms with van der Waals surface area (Å²) in [5.74, 6) is 2.60. The molecule has 6 nitrogen and oxygen atoms in total. The SMILES string of the molecule is CCCCOc1c(OC)cc(/C=C/c2cc(OC(C)C)cc(=O)o2)cc1OC. The van der Waals surface area contributed by atoms with E-state index in [9.17, 15) is 4.79 Å². The van der Waals surface area contributed by atoms with Crippen LogP contribution in [0.1, 0.15) is 44.9 Å². The molecule has 0 spiro atoms. The van der Waals surface area contributed by atoms with Gasteiger partial charge in [-0.2, -0.15) is 0 Å². The average Bonchev–Trinajstić information content (AvgIpc) is 2.65. The zero-order valence-electron chi connectivity index (χ0n) is 17.1. The second kappa shape index (κ2) is 10.4. The normalized spacial score (nSPS) is 11.1. The summed E-state index contributed by atoms with van der Waals surface area (Å²) in [5.41, 5.74) is 0.349. The van der Waals surface area contributed by atoms with E-state index in [-0.39, 0.29) is 6.10 Å². The van der Waals surface area contributed by atoms with E-state index >= 15 is 0 Å². The van der Waals surface area contributed by atoms with Crippen molar-refractivity contribution < 1.29 is 23.4 Å². The number of unbranched alkanes of at least 4 members (excludes halogenated alkanes) is 1. The van der Waals surface area contributed by atoms with E-state index in [2.05, 4.69) is 6.92 Å².